The Morgan fingerprint density at radius 3 is 2.67 bits per heavy atom. The van der Waals surface area contributed by atoms with E-state index in [0.717, 1.165) is 11.5 Å². The van der Waals surface area contributed by atoms with E-state index in [1.807, 2.05) is 0 Å². The van der Waals surface area contributed by atoms with Crippen molar-refractivity contribution in [1.82, 2.24) is 9.36 Å². The first-order chi connectivity index (χ1) is 11.4. The number of sulfone groups is 1. The molecule has 0 atom stereocenters. The molecule has 0 bridgehead atoms. The lowest BCUT2D eigenvalue weighted by atomic mass is 10.1. The van der Waals surface area contributed by atoms with E-state index in [1.165, 1.54) is 13.0 Å². The van der Waals surface area contributed by atoms with Crippen LogP contribution in [0.25, 0.3) is 6.08 Å². The van der Waals surface area contributed by atoms with Gasteiger partial charge in [0.25, 0.3) is 11.1 Å². The number of carbonyl (C=O) groups is 1. The minimum Gasteiger partial charge on any atom is -0.296 e. The number of halogens is 1. The lowest BCUT2D eigenvalue weighted by Crippen LogP contribution is -2.13. The highest BCUT2D eigenvalue weighted by Crippen LogP contribution is 2.17. The molecule has 0 radical (unpaired) electrons. The van der Waals surface area contributed by atoms with E-state index < -0.39 is 15.7 Å². The van der Waals surface area contributed by atoms with Crippen molar-refractivity contribution in [2.75, 3.05) is 11.1 Å². The maximum Gasteiger partial charge on any atom is 0.268 e. The molecular weight excluding hydrogens is 372 g/mol. The summed E-state index contributed by atoms with van der Waals surface area (Å²) in [6, 6.07) is 8.36. The Kier molecular flexibility index (Phi) is 5.66. The zero-order valence-corrected chi connectivity index (χ0v) is 14.7. The van der Waals surface area contributed by atoms with E-state index in [4.69, 9.17) is 16.9 Å². The Balaban J connectivity index is 2.19. The Morgan fingerprint density at radius 1 is 1.42 bits per heavy atom. The van der Waals surface area contributed by atoms with Gasteiger partial charge in [0.15, 0.2) is 0 Å². The van der Waals surface area contributed by atoms with Crippen molar-refractivity contribution in [3.05, 3.63) is 40.4 Å². The number of rotatable bonds is 5. The van der Waals surface area contributed by atoms with Gasteiger partial charge >= 0.3 is 0 Å². The van der Waals surface area contributed by atoms with Gasteiger partial charge in [0.1, 0.15) is 11.6 Å². The first-order valence-corrected chi connectivity index (χ1v) is 9.41. The van der Waals surface area contributed by atoms with Crippen molar-refractivity contribution in [2.45, 2.75) is 12.1 Å². The maximum absolute atomic E-state index is 12.1. The van der Waals surface area contributed by atoms with E-state index in [0.29, 0.717) is 10.6 Å². The fourth-order valence-corrected chi connectivity index (χ4v) is 3.26. The summed E-state index contributed by atoms with van der Waals surface area (Å²) < 4.78 is 27.0. The van der Waals surface area contributed by atoms with Crippen LogP contribution in [-0.4, -0.2) is 29.4 Å². The standard InChI is InChI=1S/C14H11ClN4O3S2/c1-2-24(21,22)14-18-13(23-19-14)17-12(20)10(8-16)7-9-3-5-11(15)6-4-9/h3-7H,2H2,1H3,(H,17,18,19,20). The zero-order chi connectivity index (χ0) is 17.7. The maximum atomic E-state index is 12.1. The van der Waals surface area contributed by atoms with Crippen molar-refractivity contribution >= 4 is 50.1 Å². The normalized spacial score (nSPS) is 11.8. The Labute approximate surface area is 147 Å². The van der Waals surface area contributed by atoms with Gasteiger partial charge in [0.2, 0.25) is 15.0 Å². The Hall–Kier alpha value is -2.28. The Morgan fingerprint density at radius 2 is 2.08 bits per heavy atom. The summed E-state index contributed by atoms with van der Waals surface area (Å²) in [5.41, 5.74) is 0.463. The number of nitrogens with zero attached hydrogens (tertiary/aromatic N) is 3. The average Bonchev–Trinajstić information content (AvgIpc) is 3.03. The van der Waals surface area contributed by atoms with Gasteiger partial charge in [-0.15, -0.1) is 0 Å². The topological polar surface area (TPSA) is 113 Å². The smallest absolute Gasteiger partial charge is 0.268 e. The molecule has 1 aromatic heterocycles. The van der Waals surface area contributed by atoms with Crippen LogP contribution in [0.3, 0.4) is 0 Å². The summed E-state index contributed by atoms with van der Waals surface area (Å²) in [5.74, 6) is -0.846. The number of anilines is 1. The first kappa shape index (κ1) is 18.1. The number of amides is 1. The van der Waals surface area contributed by atoms with E-state index in [9.17, 15) is 13.2 Å². The van der Waals surface area contributed by atoms with Crippen LogP contribution in [-0.2, 0) is 14.6 Å². The highest BCUT2D eigenvalue weighted by molar-refractivity contribution is 7.91. The highest BCUT2D eigenvalue weighted by atomic mass is 35.5. The molecule has 1 amide bonds. The molecular formula is C14H11ClN4O3S2. The molecule has 24 heavy (non-hydrogen) atoms. The summed E-state index contributed by atoms with van der Waals surface area (Å²) in [7, 11) is -3.55. The van der Waals surface area contributed by atoms with Gasteiger partial charge in [-0.3, -0.25) is 10.1 Å². The third-order valence-electron chi connectivity index (χ3n) is 2.83. The molecule has 1 heterocycles. The molecule has 0 aliphatic heterocycles. The summed E-state index contributed by atoms with van der Waals surface area (Å²) in [5, 5.41) is 11.7. The lowest BCUT2D eigenvalue weighted by molar-refractivity contribution is -0.112. The van der Waals surface area contributed by atoms with Crippen LogP contribution in [0, 0.1) is 11.3 Å². The number of aromatic nitrogens is 2. The summed E-state index contributed by atoms with van der Waals surface area (Å²) in [6.45, 7) is 1.47. The molecule has 0 saturated carbocycles. The first-order valence-electron chi connectivity index (χ1n) is 6.61. The minimum absolute atomic E-state index is 0.00396. The summed E-state index contributed by atoms with van der Waals surface area (Å²) in [6.07, 6.45) is 1.39. The molecule has 0 saturated heterocycles. The molecule has 10 heteroatoms. The van der Waals surface area contributed by atoms with Crippen LogP contribution >= 0.6 is 23.1 Å². The van der Waals surface area contributed by atoms with Gasteiger partial charge < -0.3 is 0 Å². The van der Waals surface area contributed by atoms with Crippen molar-refractivity contribution < 1.29 is 13.2 Å². The minimum atomic E-state index is -3.55. The second kappa shape index (κ2) is 7.53. The van der Waals surface area contributed by atoms with Gasteiger partial charge in [0, 0.05) is 16.6 Å². The molecule has 0 spiro atoms. The number of nitriles is 1. The van der Waals surface area contributed by atoms with Crippen LogP contribution in [0.2, 0.25) is 5.02 Å². The van der Waals surface area contributed by atoms with E-state index in [2.05, 4.69) is 14.7 Å². The fraction of sp³-hybridized carbons (Fsp3) is 0.143. The molecule has 1 aromatic carbocycles. The largest absolute Gasteiger partial charge is 0.296 e. The number of nitrogens with one attached hydrogen (secondary N) is 1. The van der Waals surface area contributed by atoms with Gasteiger partial charge in [0.05, 0.1) is 5.75 Å². The van der Waals surface area contributed by atoms with Gasteiger partial charge in [-0.25, -0.2) is 8.42 Å². The van der Waals surface area contributed by atoms with Crippen molar-refractivity contribution in [3.63, 3.8) is 0 Å². The third-order valence-corrected chi connectivity index (χ3v) is 5.33. The number of hydrogen-bond donors (Lipinski definition) is 1. The number of hydrogen-bond acceptors (Lipinski definition) is 7. The average molecular weight is 383 g/mol. The molecule has 7 nitrogen and oxygen atoms in total. The molecule has 124 valence electrons. The monoisotopic (exact) mass is 382 g/mol. The van der Waals surface area contributed by atoms with Crippen molar-refractivity contribution in [2.24, 2.45) is 0 Å². The fourth-order valence-electron chi connectivity index (χ4n) is 1.55. The highest BCUT2D eigenvalue weighted by Gasteiger charge is 2.19. The molecule has 1 N–H and O–H groups in total. The molecule has 0 unspecified atom stereocenters. The summed E-state index contributed by atoms with van der Waals surface area (Å²) >= 11 is 6.51. The molecule has 2 rings (SSSR count). The predicted octanol–water partition coefficient (Wildman–Crippen LogP) is 2.53. The molecule has 2 aromatic rings. The summed E-state index contributed by atoms with van der Waals surface area (Å²) in [4.78, 5) is 15.9. The van der Waals surface area contributed by atoms with E-state index in [-0.39, 0.29) is 21.6 Å². The lowest BCUT2D eigenvalue weighted by Gasteiger charge is -2.00. The number of benzene rings is 1. The van der Waals surface area contributed by atoms with Crippen LogP contribution in [0.4, 0.5) is 5.13 Å². The SMILES string of the molecule is CCS(=O)(=O)c1nsc(NC(=O)C(C#N)=Cc2ccc(Cl)cc2)n1. The van der Waals surface area contributed by atoms with Crippen LogP contribution < -0.4 is 5.32 Å². The molecule has 0 aliphatic carbocycles. The van der Waals surface area contributed by atoms with Crippen LogP contribution in [0.5, 0.6) is 0 Å². The second-order valence-electron chi connectivity index (χ2n) is 4.46. The second-order valence-corrected chi connectivity index (χ2v) is 7.82. The van der Waals surface area contributed by atoms with Crippen molar-refractivity contribution in [3.8, 4) is 6.07 Å². The van der Waals surface area contributed by atoms with Crippen LogP contribution in [0.1, 0.15) is 12.5 Å². The van der Waals surface area contributed by atoms with E-state index in [1.54, 1.807) is 30.3 Å². The molecule has 0 aliphatic rings. The predicted molar refractivity (Wildman–Crippen MR) is 91.3 cm³/mol. The number of carbonyl (C=O) groups excluding carboxylic acids is 1. The van der Waals surface area contributed by atoms with Gasteiger partial charge in [-0.05, 0) is 23.8 Å². The third kappa shape index (κ3) is 4.38. The Bertz CT molecular complexity index is 928. The quantitative estimate of drug-likeness (QED) is 0.628. The van der Waals surface area contributed by atoms with E-state index >= 15 is 0 Å². The van der Waals surface area contributed by atoms with Gasteiger partial charge in [-0.1, -0.05) is 30.7 Å². The van der Waals surface area contributed by atoms with Crippen molar-refractivity contribution in [1.29, 1.82) is 5.26 Å². The van der Waals surface area contributed by atoms with Gasteiger partial charge in [-0.2, -0.15) is 14.6 Å². The van der Waals surface area contributed by atoms with Crippen LogP contribution in [0.15, 0.2) is 35.0 Å². The molecule has 0 fully saturated rings. The zero-order valence-electron chi connectivity index (χ0n) is 12.4.